The lowest BCUT2D eigenvalue weighted by atomic mass is 10.1. The Morgan fingerprint density at radius 2 is 1.32 bits per heavy atom. The fraction of sp³-hybridized carbons (Fsp3) is 0.179. The van der Waals surface area contributed by atoms with Crippen LogP contribution in [-0.4, -0.2) is 51.7 Å². The van der Waals surface area contributed by atoms with Gasteiger partial charge in [-0.05, 0) is 53.6 Å². The number of amides is 1. The molecule has 3 aromatic carbocycles. The molecule has 1 amide bonds. The summed E-state index contributed by atoms with van der Waals surface area (Å²) in [6.07, 6.45) is 6.39. The van der Waals surface area contributed by atoms with E-state index in [1.807, 2.05) is 0 Å². The van der Waals surface area contributed by atoms with Crippen molar-refractivity contribution in [2.24, 2.45) is 0 Å². The van der Waals surface area contributed by atoms with E-state index in [9.17, 15) is 15.0 Å². The van der Waals surface area contributed by atoms with Gasteiger partial charge in [0.1, 0.15) is 0 Å². The van der Waals surface area contributed by atoms with Crippen molar-refractivity contribution < 1.29 is 38.7 Å². The Kier molecular flexibility index (Phi) is 8.88. The molecule has 37 heavy (non-hydrogen) atoms. The highest BCUT2D eigenvalue weighted by Gasteiger charge is 2.16. The molecule has 3 N–H and O–H groups in total. The van der Waals surface area contributed by atoms with Crippen molar-refractivity contribution in [2.75, 3.05) is 40.9 Å². The molecular formula is C28H29NO8. The zero-order valence-electron chi connectivity index (χ0n) is 21.2. The van der Waals surface area contributed by atoms with E-state index >= 15 is 0 Å². The summed E-state index contributed by atoms with van der Waals surface area (Å²) in [5.41, 5.74) is 2.20. The molecule has 9 nitrogen and oxygen atoms in total. The van der Waals surface area contributed by atoms with Crippen molar-refractivity contribution in [1.29, 1.82) is 0 Å². The first kappa shape index (κ1) is 26.8. The van der Waals surface area contributed by atoms with E-state index in [-0.39, 0.29) is 22.9 Å². The van der Waals surface area contributed by atoms with Crippen LogP contribution in [0.4, 0.5) is 5.69 Å². The number of aromatic hydroxyl groups is 2. The largest absolute Gasteiger partial charge is 0.504 e. The molecule has 0 fully saturated rings. The SMILES string of the molecule is COc1ccc(/C=C/C(=O)Nc2c(/C=C/c3cc(OC)c(OC)c(OC)c3)ccc(O)c2OC)cc1O. The number of benzene rings is 3. The van der Waals surface area contributed by atoms with Gasteiger partial charge < -0.3 is 39.2 Å². The molecule has 0 unspecified atom stereocenters. The number of carbonyl (C=O) groups excluding carboxylic acids is 1. The van der Waals surface area contributed by atoms with Crippen LogP contribution >= 0.6 is 0 Å². The number of hydrogen-bond acceptors (Lipinski definition) is 8. The van der Waals surface area contributed by atoms with Crippen LogP contribution in [-0.2, 0) is 4.79 Å². The van der Waals surface area contributed by atoms with Crippen molar-refractivity contribution in [3.05, 3.63) is 65.2 Å². The molecule has 0 spiro atoms. The second kappa shape index (κ2) is 12.3. The minimum absolute atomic E-state index is 0.0427. The van der Waals surface area contributed by atoms with Crippen LogP contribution in [0.2, 0.25) is 0 Å². The Bertz CT molecular complexity index is 1300. The third kappa shape index (κ3) is 6.26. The average Bonchev–Trinajstić information content (AvgIpc) is 2.91. The van der Waals surface area contributed by atoms with E-state index in [1.54, 1.807) is 42.5 Å². The van der Waals surface area contributed by atoms with Crippen LogP contribution in [0.3, 0.4) is 0 Å². The van der Waals surface area contributed by atoms with Crippen molar-refractivity contribution in [3.8, 4) is 40.2 Å². The number of phenols is 2. The topological polar surface area (TPSA) is 116 Å². The van der Waals surface area contributed by atoms with Gasteiger partial charge in [-0.1, -0.05) is 18.2 Å². The molecule has 9 heteroatoms. The number of anilines is 1. The van der Waals surface area contributed by atoms with E-state index in [2.05, 4.69) is 5.32 Å². The minimum Gasteiger partial charge on any atom is -0.504 e. The highest BCUT2D eigenvalue weighted by molar-refractivity contribution is 6.04. The van der Waals surface area contributed by atoms with Crippen molar-refractivity contribution in [3.63, 3.8) is 0 Å². The number of nitrogens with one attached hydrogen (secondary N) is 1. The Labute approximate surface area is 215 Å². The summed E-state index contributed by atoms with van der Waals surface area (Å²) < 4.78 is 26.6. The quantitative estimate of drug-likeness (QED) is 0.260. The average molecular weight is 508 g/mol. The first-order valence-electron chi connectivity index (χ1n) is 11.1. The Morgan fingerprint density at radius 3 is 1.89 bits per heavy atom. The summed E-state index contributed by atoms with van der Waals surface area (Å²) in [6.45, 7) is 0. The maximum Gasteiger partial charge on any atom is 0.248 e. The molecule has 0 aliphatic carbocycles. The van der Waals surface area contributed by atoms with Gasteiger partial charge in [-0.15, -0.1) is 0 Å². The van der Waals surface area contributed by atoms with E-state index in [1.165, 1.54) is 59.8 Å². The summed E-state index contributed by atoms with van der Waals surface area (Å²) in [6, 6.07) is 11.4. The molecule has 0 aliphatic rings. The van der Waals surface area contributed by atoms with Gasteiger partial charge in [-0.3, -0.25) is 4.79 Å². The van der Waals surface area contributed by atoms with Gasteiger partial charge in [0.25, 0.3) is 0 Å². The molecule has 3 rings (SSSR count). The van der Waals surface area contributed by atoms with E-state index in [0.29, 0.717) is 34.1 Å². The lowest BCUT2D eigenvalue weighted by Crippen LogP contribution is -2.10. The number of carbonyl (C=O) groups is 1. The first-order chi connectivity index (χ1) is 17.8. The number of phenolic OH excluding ortho intramolecular Hbond substituents is 2. The predicted molar refractivity (Wildman–Crippen MR) is 142 cm³/mol. The highest BCUT2D eigenvalue weighted by Crippen LogP contribution is 2.40. The molecule has 0 radical (unpaired) electrons. The number of ether oxygens (including phenoxy) is 5. The van der Waals surface area contributed by atoms with Crippen LogP contribution in [0.15, 0.2) is 48.5 Å². The van der Waals surface area contributed by atoms with E-state index in [0.717, 1.165) is 5.56 Å². The second-order valence-electron chi connectivity index (χ2n) is 7.63. The van der Waals surface area contributed by atoms with Gasteiger partial charge in [0.05, 0.1) is 41.2 Å². The fourth-order valence-electron chi connectivity index (χ4n) is 3.59. The molecule has 3 aromatic rings. The normalized spacial score (nSPS) is 10.9. The third-order valence-corrected chi connectivity index (χ3v) is 5.39. The molecule has 0 aromatic heterocycles. The molecule has 194 valence electrons. The smallest absolute Gasteiger partial charge is 0.248 e. The summed E-state index contributed by atoms with van der Waals surface area (Å²) in [4.78, 5) is 12.7. The van der Waals surface area contributed by atoms with Crippen molar-refractivity contribution in [1.82, 2.24) is 0 Å². The standard InChI is InChI=1S/C28H29NO8/c1-33-22-12-7-17(14-21(22)31)8-13-25(32)29-26-19(10-11-20(30)27(26)36-4)9-6-18-15-23(34-2)28(37-5)24(16-18)35-3/h6-16,30-31H,1-5H3,(H,29,32)/b9-6+,13-8+. The summed E-state index contributed by atoms with van der Waals surface area (Å²) >= 11 is 0. The summed E-state index contributed by atoms with van der Waals surface area (Å²) in [7, 11) is 7.44. The number of rotatable bonds is 10. The van der Waals surface area contributed by atoms with Crippen LogP contribution in [0.1, 0.15) is 16.7 Å². The number of methoxy groups -OCH3 is 5. The molecule has 0 atom stereocenters. The maximum atomic E-state index is 12.7. The Hall–Kier alpha value is -4.79. The summed E-state index contributed by atoms with van der Waals surface area (Å²) in [5, 5.41) is 23.0. The van der Waals surface area contributed by atoms with Gasteiger partial charge in [-0.2, -0.15) is 0 Å². The van der Waals surface area contributed by atoms with Crippen LogP contribution in [0, 0.1) is 0 Å². The van der Waals surface area contributed by atoms with E-state index in [4.69, 9.17) is 23.7 Å². The van der Waals surface area contributed by atoms with E-state index < -0.39 is 5.91 Å². The van der Waals surface area contributed by atoms with Crippen molar-refractivity contribution >= 4 is 29.8 Å². The first-order valence-corrected chi connectivity index (χ1v) is 11.1. The highest BCUT2D eigenvalue weighted by atomic mass is 16.5. The third-order valence-electron chi connectivity index (χ3n) is 5.39. The molecule has 0 heterocycles. The second-order valence-corrected chi connectivity index (χ2v) is 7.63. The van der Waals surface area contributed by atoms with Gasteiger partial charge >= 0.3 is 0 Å². The zero-order chi connectivity index (χ0) is 26.9. The molecule has 0 saturated heterocycles. The zero-order valence-corrected chi connectivity index (χ0v) is 21.2. The lowest BCUT2D eigenvalue weighted by molar-refractivity contribution is -0.111. The Balaban J connectivity index is 1.92. The van der Waals surface area contributed by atoms with Crippen LogP contribution < -0.4 is 29.0 Å². The molecular weight excluding hydrogens is 478 g/mol. The minimum atomic E-state index is -0.471. The maximum absolute atomic E-state index is 12.7. The number of hydrogen-bond donors (Lipinski definition) is 3. The van der Waals surface area contributed by atoms with Gasteiger partial charge in [0.2, 0.25) is 11.7 Å². The Morgan fingerprint density at radius 1 is 0.676 bits per heavy atom. The van der Waals surface area contributed by atoms with Gasteiger partial charge in [-0.25, -0.2) is 0 Å². The monoisotopic (exact) mass is 507 g/mol. The predicted octanol–water partition coefficient (Wildman–Crippen LogP) is 4.96. The fourth-order valence-corrected chi connectivity index (χ4v) is 3.59. The van der Waals surface area contributed by atoms with Gasteiger partial charge in [0.15, 0.2) is 34.5 Å². The lowest BCUT2D eigenvalue weighted by Gasteiger charge is -2.14. The van der Waals surface area contributed by atoms with Crippen LogP contribution in [0.5, 0.6) is 40.2 Å². The molecule has 0 saturated carbocycles. The molecule has 0 aliphatic heterocycles. The molecule has 0 bridgehead atoms. The summed E-state index contributed by atoms with van der Waals surface area (Å²) in [5.74, 6) is 1.25. The van der Waals surface area contributed by atoms with Crippen molar-refractivity contribution in [2.45, 2.75) is 0 Å². The van der Waals surface area contributed by atoms with Gasteiger partial charge in [0, 0.05) is 11.6 Å². The van der Waals surface area contributed by atoms with Crippen LogP contribution in [0.25, 0.3) is 18.2 Å².